The number of rotatable bonds is 6. The number of nitrogens with zero attached hydrogens (tertiary/aromatic N) is 3. The van der Waals surface area contributed by atoms with Gasteiger partial charge in [0.15, 0.2) is 0 Å². The van der Waals surface area contributed by atoms with Crippen LogP contribution in [-0.4, -0.2) is 67.7 Å². The largest absolute Gasteiger partial charge is 0.331 e. The molecule has 30 heavy (non-hydrogen) atoms. The van der Waals surface area contributed by atoms with Gasteiger partial charge in [-0.3, -0.25) is 4.79 Å². The summed E-state index contributed by atoms with van der Waals surface area (Å²) < 4.78 is 40.8. The van der Waals surface area contributed by atoms with Gasteiger partial charge in [0, 0.05) is 44.3 Å². The van der Waals surface area contributed by atoms with Crippen LogP contribution in [0.2, 0.25) is 0 Å². The van der Waals surface area contributed by atoms with Crippen LogP contribution in [0, 0.1) is 5.82 Å². The molecular weight excluding hydrogens is 405 g/mol. The molecule has 0 unspecified atom stereocenters. The van der Waals surface area contributed by atoms with Crippen molar-refractivity contribution in [3.05, 3.63) is 65.5 Å². The summed E-state index contributed by atoms with van der Waals surface area (Å²) in [6.45, 7) is 2.63. The normalized spacial score (nSPS) is 18.3. The van der Waals surface area contributed by atoms with Crippen molar-refractivity contribution < 1.29 is 17.6 Å². The molecule has 1 saturated carbocycles. The molecule has 1 aliphatic heterocycles. The summed E-state index contributed by atoms with van der Waals surface area (Å²) in [5.74, 6) is -0.512. The van der Waals surface area contributed by atoms with Crippen molar-refractivity contribution in [1.29, 1.82) is 0 Å². The van der Waals surface area contributed by atoms with Gasteiger partial charge < -0.3 is 9.80 Å². The molecule has 160 valence electrons. The van der Waals surface area contributed by atoms with E-state index in [0.29, 0.717) is 38.3 Å². The van der Waals surface area contributed by atoms with Gasteiger partial charge in [0.2, 0.25) is 10.0 Å². The predicted octanol–water partition coefficient (Wildman–Crippen LogP) is 2.57. The smallest absolute Gasteiger partial charge is 0.254 e. The first-order valence-corrected chi connectivity index (χ1v) is 11.6. The maximum Gasteiger partial charge on any atom is 0.254 e. The monoisotopic (exact) mass is 431 g/mol. The summed E-state index contributed by atoms with van der Waals surface area (Å²) in [5, 5.41) is 0. The molecule has 0 radical (unpaired) electrons. The number of likely N-dealkylation sites (N-methyl/N-ethyl adjacent to an activating group) is 1. The number of benzene rings is 2. The highest BCUT2D eigenvalue weighted by molar-refractivity contribution is 7.89. The number of hydrogen-bond donors (Lipinski definition) is 0. The second-order valence-corrected chi connectivity index (χ2v) is 9.96. The standard InChI is InChI=1S/C22H26FN3O3S/c1-24-11-13-25(14-12-24)30(28,29)21-4-2-3-18(15-21)22(27)26(20-9-10-20)16-17-5-7-19(23)8-6-17/h2-8,15,20H,9-14,16H2,1H3. The summed E-state index contributed by atoms with van der Waals surface area (Å²) in [7, 11) is -1.67. The fourth-order valence-electron chi connectivity index (χ4n) is 3.67. The van der Waals surface area contributed by atoms with Crippen molar-refractivity contribution in [3.8, 4) is 0 Å². The predicted molar refractivity (Wildman–Crippen MR) is 112 cm³/mol. The first-order chi connectivity index (χ1) is 14.3. The highest BCUT2D eigenvalue weighted by atomic mass is 32.2. The number of halogens is 1. The minimum atomic E-state index is -3.64. The average Bonchev–Trinajstić information content (AvgIpc) is 3.58. The Bertz CT molecular complexity index is 1010. The molecule has 0 aromatic heterocycles. The second-order valence-electron chi connectivity index (χ2n) is 8.03. The summed E-state index contributed by atoms with van der Waals surface area (Å²) in [4.78, 5) is 17.2. The Hall–Kier alpha value is -2.29. The van der Waals surface area contributed by atoms with Crippen LogP contribution in [0.15, 0.2) is 53.4 Å². The van der Waals surface area contributed by atoms with Gasteiger partial charge >= 0.3 is 0 Å². The van der Waals surface area contributed by atoms with Crippen molar-refractivity contribution in [2.24, 2.45) is 0 Å². The molecule has 2 aliphatic rings. The fourth-order valence-corrected chi connectivity index (χ4v) is 5.14. The molecule has 1 heterocycles. The molecule has 0 spiro atoms. The topological polar surface area (TPSA) is 60.9 Å². The zero-order valence-electron chi connectivity index (χ0n) is 17.0. The van der Waals surface area contributed by atoms with E-state index >= 15 is 0 Å². The summed E-state index contributed by atoms with van der Waals surface area (Å²) in [5.41, 5.74) is 1.21. The molecule has 6 nitrogen and oxygen atoms in total. The lowest BCUT2D eigenvalue weighted by atomic mass is 10.1. The van der Waals surface area contributed by atoms with Gasteiger partial charge in [-0.1, -0.05) is 18.2 Å². The van der Waals surface area contributed by atoms with E-state index in [1.807, 2.05) is 7.05 Å². The maximum absolute atomic E-state index is 13.2. The van der Waals surface area contributed by atoms with Crippen molar-refractivity contribution in [2.75, 3.05) is 33.2 Å². The van der Waals surface area contributed by atoms with Crippen molar-refractivity contribution in [3.63, 3.8) is 0 Å². The first-order valence-electron chi connectivity index (χ1n) is 10.2. The molecular formula is C22H26FN3O3S. The van der Waals surface area contributed by atoms with E-state index in [1.165, 1.54) is 22.5 Å². The Balaban J connectivity index is 1.55. The molecule has 2 aromatic rings. The third kappa shape index (κ3) is 4.55. The zero-order valence-corrected chi connectivity index (χ0v) is 17.8. The van der Waals surface area contributed by atoms with Crippen LogP contribution < -0.4 is 0 Å². The zero-order chi connectivity index (χ0) is 21.3. The Morgan fingerprint density at radius 3 is 2.37 bits per heavy atom. The molecule has 8 heteroatoms. The Morgan fingerprint density at radius 2 is 1.73 bits per heavy atom. The molecule has 4 rings (SSSR count). The van der Waals surface area contributed by atoms with Crippen LogP contribution in [0.25, 0.3) is 0 Å². The average molecular weight is 432 g/mol. The molecule has 1 amide bonds. The van der Waals surface area contributed by atoms with Crippen LogP contribution >= 0.6 is 0 Å². The van der Waals surface area contributed by atoms with Crippen LogP contribution in [0.5, 0.6) is 0 Å². The van der Waals surface area contributed by atoms with Crippen LogP contribution in [0.4, 0.5) is 4.39 Å². The number of hydrogen-bond acceptors (Lipinski definition) is 4. The lowest BCUT2D eigenvalue weighted by molar-refractivity contribution is 0.0729. The van der Waals surface area contributed by atoms with Gasteiger partial charge in [-0.2, -0.15) is 4.31 Å². The van der Waals surface area contributed by atoms with Crippen LogP contribution in [-0.2, 0) is 16.6 Å². The number of piperazine rings is 1. The molecule has 0 bridgehead atoms. The van der Waals surface area contributed by atoms with Crippen molar-refractivity contribution in [1.82, 2.24) is 14.1 Å². The first kappa shape index (κ1) is 21.0. The Morgan fingerprint density at radius 1 is 1.07 bits per heavy atom. The van der Waals surface area contributed by atoms with Crippen LogP contribution in [0.1, 0.15) is 28.8 Å². The minimum Gasteiger partial charge on any atom is -0.331 e. The molecule has 0 N–H and O–H groups in total. The number of sulfonamides is 1. The maximum atomic E-state index is 13.2. The van der Waals surface area contributed by atoms with Gasteiger partial charge in [0.25, 0.3) is 5.91 Å². The molecule has 1 saturated heterocycles. The number of amides is 1. The number of carbonyl (C=O) groups is 1. The molecule has 1 aliphatic carbocycles. The van der Waals surface area contributed by atoms with Crippen LogP contribution in [0.3, 0.4) is 0 Å². The Labute approximate surface area is 176 Å². The lowest BCUT2D eigenvalue weighted by Crippen LogP contribution is -2.47. The fraction of sp³-hybridized carbons (Fsp3) is 0.409. The molecule has 2 fully saturated rings. The molecule has 2 aromatic carbocycles. The van der Waals surface area contributed by atoms with E-state index in [0.717, 1.165) is 18.4 Å². The van der Waals surface area contributed by atoms with Crippen molar-refractivity contribution in [2.45, 2.75) is 30.3 Å². The second kappa shape index (κ2) is 8.45. The van der Waals surface area contributed by atoms with E-state index in [-0.39, 0.29) is 22.7 Å². The Kier molecular flexibility index (Phi) is 5.90. The third-order valence-electron chi connectivity index (χ3n) is 5.70. The van der Waals surface area contributed by atoms with Gasteiger partial charge in [0.05, 0.1) is 4.90 Å². The quantitative estimate of drug-likeness (QED) is 0.705. The SMILES string of the molecule is CN1CCN(S(=O)(=O)c2cccc(C(=O)N(Cc3ccc(F)cc3)C3CC3)c2)CC1. The van der Waals surface area contributed by atoms with Crippen molar-refractivity contribution >= 4 is 15.9 Å². The minimum absolute atomic E-state index is 0.139. The molecule has 0 atom stereocenters. The van der Waals surface area contributed by atoms with Gasteiger partial charge in [-0.25, -0.2) is 12.8 Å². The van der Waals surface area contributed by atoms with E-state index in [9.17, 15) is 17.6 Å². The van der Waals surface area contributed by atoms with Gasteiger partial charge in [-0.15, -0.1) is 0 Å². The van der Waals surface area contributed by atoms with E-state index < -0.39 is 10.0 Å². The van der Waals surface area contributed by atoms with E-state index in [2.05, 4.69) is 4.90 Å². The summed E-state index contributed by atoms with van der Waals surface area (Å²) >= 11 is 0. The summed E-state index contributed by atoms with van der Waals surface area (Å²) in [6.07, 6.45) is 1.85. The number of carbonyl (C=O) groups excluding carboxylic acids is 1. The third-order valence-corrected chi connectivity index (χ3v) is 7.59. The van der Waals surface area contributed by atoms with Gasteiger partial charge in [0.1, 0.15) is 5.82 Å². The van der Waals surface area contributed by atoms with E-state index in [4.69, 9.17) is 0 Å². The van der Waals surface area contributed by atoms with Gasteiger partial charge in [-0.05, 0) is 55.8 Å². The summed E-state index contributed by atoms with van der Waals surface area (Å²) in [6, 6.07) is 12.6. The lowest BCUT2D eigenvalue weighted by Gasteiger charge is -2.31. The van der Waals surface area contributed by atoms with E-state index in [1.54, 1.807) is 35.2 Å². The highest BCUT2D eigenvalue weighted by Crippen LogP contribution is 2.30. The highest BCUT2D eigenvalue weighted by Gasteiger charge is 2.34.